The molecule has 2 aromatic rings. The van der Waals surface area contributed by atoms with Gasteiger partial charge in [-0.1, -0.05) is 61.9 Å². The van der Waals surface area contributed by atoms with Gasteiger partial charge in [0.05, 0.1) is 0 Å². The van der Waals surface area contributed by atoms with Gasteiger partial charge in [-0.05, 0) is 18.1 Å². The van der Waals surface area contributed by atoms with E-state index in [4.69, 9.17) is 0 Å². The van der Waals surface area contributed by atoms with Crippen molar-refractivity contribution in [2.75, 3.05) is 0 Å². The lowest BCUT2D eigenvalue weighted by molar-refractivity contribution is 0.328. The van der Waals surface area contributed by atoms with Gasteiger partial charge in [0.2, 0.25) is 0 Å². The quantitative estimate of drug-likeness (QED) is 0.819. The molecule has 1 unspecified atom stereocenters. The standard InChI is InChI=1S/C16H18FO3P/c1-2-12-16(21(18,19)20,13-8-4-3-5-9-13)14-10-6-7-11-15(14)17/h3-11H,2,12H2,1H3,(H2,18,19,20). The smallest absolute Gasteiger partial charge is 0.324 e. The maximum Gasteiger partial charge on any atom is 0.340 e. The molecule has 2 N–H and O–H groups in total. The molecule has 0 aromatic heterocycles. The van der Waals surface area contributed by atoms with Gasteiger partial charge >= 0.3 is 7.60 Å². The van der Waals surface area contributed by atoms with Crippen LogP contribution in [0.4, 0.5) is 4.39 Å². The van der Waals surface area contributed by atoms with Crippen LogP contribution in [0.25, 0.3) is 0 Å². The van der Waals surface area contributed by atoms with Crippen LogP contribution in [0.2, 0.25) is 0 Å². The van der Waals surface area contributed by atoms with Crippen molar-refractivity contribution in [2.24, 2.45) is 0 Å². The molecule has 112 valence electrons. The molecule has 0 bridgehead atoms. The lowest BCUT2D eigenvalue weighted by Gasteiger charge is -2.35. The Morgan fingerprint density at radius 3 is 2.14 bits per heavy atom. The van der Waals surface area contributed by atoms with Gasteiger partial charge in [0.15, 0.2) is 0 Å². The Balaban J connectivity index is 2.81. The average molecular weight is 308 g/mol. The van der Waals surface area contributed by atoms with Crippen molar-refractivity contribution in [3.8, 4) is 0 Å². The summed E-state index contributed by atoms with van der Waals surface area (Å²) in [5.41, 5.74) is 0.483. The minimum atomic E-state index is -4.63. The predicted molar refractivity (Wildman–Crippen MR) is 80.6 cm³/mol. The third-order valence-corrected chi connectivity index (χ3v) is 5.40. The fourth-order valence-electron chi connectivity index (χ4n) is 2.78. The van der Waals surface area contributed by atoms with E-state index in [2.05, 4.69) is 0 Å². The molecule has 0 fully saturated rings. The van der Waals surface area contributed by atoms with Crippen LogP contribution < -0.4 is 0 Å². The van der Waals surface area contributed by atoms with Crippen LogP contribution in [0.15, 0.2) is 54.6 Å². The molecular formula is C16H18FO3P. The van der Waals surface area contributed by atoms with Crippen LogP contribution in [0.3, 0.4) is 0 Å². The number of halogens is 1. The fraction of sp³-hybridized carbons (Fsp3) is 0.250. The van der Waals surface area contributed by atoms with E-state index >= 15 is 0 Å². The maximum absolute atomic E-state index is 14.3. The number of hydrogen-bond donors (Lipinski definition) is 2. The topological polar surface area (TPSA) is 57.5 Å². The van der Waals surface area contributed by atoms with Gasteiger partial charge in [-0.15, -0.1) is 0 Å². The van der Waals surface area contributed by atoms with Crippen LogP contribution in [0, 0.1) is 5.82 Å². The molecule has 0 saturated carbocycles. The highest BCUT2D eigenvalue weighted by molar-refractivity contribution is 7.53. The lowest BCUT2D eigenvalue weighted by Crippen LogP contribution is -2.29. The number of benzene rings is 2. The summed E-state index contributed by atoms with van der Waals surface area (Å²) in [6.45, 7) is 1.83. The molecule has 0 aliphatic carbocycles. The van der Waals surface area contributed by atoms with Crippen LogP contribution in [0.1, 0.15) is 30.9 Å². The first-order valence-corrected chi connectivity index (χ1v) is 8.41. The molecular weight excluding hydrogens is 290 g/mol. The Labute approximate surface area is 123 Å². The predicted octanol–water partition coefficient (Wildman–Crippen LogP) is 4.05. The zero-order chi connectivity index (χ0) is 15.5. The largest absolute Gasteiger partial charge is 0.340 e. The molecule has 0 radical (unpaired) electrons. The summed E-state index contributed by atoms with van der Waals surface area (Å²) in [7, 11) is -4.63. The second-order valence-corrected chi connectivity index (χ2v) is 6.85. The van der Waals surface area contributed by atoms with Crippen molar-refractivity contribution in [1.29, 1.82) is 0 Å². The summed E-state index contributed by atoms with van der Waals surface area (Å²) in [6, 6.07) is 14.3. The van der Waals surface area contributed by atoms with E-state index in [0.29, 0.717) is 12.0 Å². The van der Waals surface area contributed by atoms with Crippen LogP contribution in [-0.4, -0.2) is 9.79 Å². The van der Waals surface area contributed by atoms with Gasteiger partial charge in [0, 0.05) is 5.56 Å². The average Bonchev–Trinajstić information content (AvgIpc) is 2.45. The molecule has 0 amide bonds. The fourth-order valence-corrected chi connectivity index (χ4v) is 4.27. The summed E-state index contributed by atoms with van der Waals surface area (Å²) in [5, 5.41) is -1.64. The molecule has 5 heteroatoms. The monoisotopic (exact) mass is 308 g/mol. The second-order valence-electron chi connectivity index (χ2n) is 5.00. The normalized spacial score (nSPS) is 14.7. The van der Waals surface area contributed by atoms with E-state index in [0.717, 1.165) is 0 Å². The van der Waals surface area contributed by atoms with E-state index in [-0.39, 0.29) is 12.0 Å². The first-order chi connectivity index (χ1) is 9.93. The van der Waals surface area contributed by atoms with E-state index in [1.807, 2.05) is 6.92 Å². The van der Waals surface area contributed by atoms with Gasteiger partial charge < -0.3 is 9.79 Å². The van der Waals surface area contributed by atoms with Crippen LogP contribution in [-0.2, 0) is 9.72 Å². The summed E-state index contributed by atoms with van der Waals surface area (Å²) in [6.07, 6.45) is 0.691. The summed E-state index contributed by atoms with van der Waals surface area (Å²) in [5.74, 6) is -0.599. The molecule has 0 heterocycles. The van der Waals surface area contributed by atoms with E-state index in [1.54, 1.807) is 36.4 Å². The Bertz CT molecular complexity index is 654. The molecule has 3 nitrogen and oxygen atoms in total. The Morgan fingerprint density at radius 2 is 1.62 bits per heavy atom. The molecule has 2 aromatic carbocycles. The van der Waals surface area contributed by atoms with Crippen LogP contribution >= 0.6 is 7.60 Å². The van der Waals surface area contributed by atoms with Gasteiger partial charge in [-0.3, -0.25) is 4.57 Å². The van der Waals surface area contributed by atoms with Crippen molar-refractivity contribution in [3.63, 3.8) is 0 Å². The molecule has 1 atom stereocenters. The van der Waals surface area contributed by atoms with Gasteiger partial charge in [-0.2, -0.15) is 0 Å². The maximum atomic E-state index is 14.3. The van der Waals surface area contributed by atoms with Gasteiger partial charge in [0.1, 0.15) is 11.0 Å². The van der Waals surface area contributed by atoms with E-state index in [9.17, 15) is 18.7 Å². The first-order valence-electron chi connectivity index (χ1n) is 6.79. The van der Waals surface area contributed by atoms with Crippen LogP contribution in [0.5, 0.6) is 0 Å². The van der Waals surface area contributed by atoms with E-state index in [1.165, 1.54) is 18.2 Å². The summed E-state index contributed by atoms with van der Waals surface area (Å²) < 4.78 is 26.6. The zero-order valence-corrected chi connectivity index (χ0v) is 12.6. The molecule has 2 rings (SSSR count). The third kappa shape index (κ3) is 2.80. The van der Waals surface area contributed by atoms with E-state index < -0.39 is 18.6 Å². The Morgan fingerprint density at radius 1 is 1.05 bits per heavy atom. The number of rotatable bonds is 5. The Hall–Kier alpha value is -1.48. The lowest BCUT2D eigenvalue weighted by atomic mass is 9.86. The van der Waals surface area contributed by atoms with Crippen molar-refractivity contribution < 1.29 is 18.7 Å². The molecule has 0 aliphatic rings. The summed E-state index contributed by atoms with van der Waals surface area (Å²) in [4.78, 5) is 20.1. The molecule has 21 heavy (non-hydrogen) atoms. The minimum Gasteiger partial charge on any atom is -0.324 e. The summed E-state index contributed by atoms with van der Waals surface area (Å²) >= 11 is 0. The van der Waals surface area contributed by atoms with Gasteiger partial charge in [0.25, 0.3) is 0 Å². The SMILES string of the molecule is CCCC(c1ccccc1)(c1ccccc1F)P(=O)(O)O. The highest BCUT2D eigenvalue weighted by atomic mass is 31.2. The third-order valence-electron chi connectivity index (χ3n) is 3.68. The Kier molecular flexibility index (Phi) is 4.62. The number of hydrogen-bond acceptors (Lipinski definition) is 1. The minimum absolute atomic E-state index is 0.0476. The second kappa shape index (κ2) is 6.10. The van der Waals surface area contributed by atoms with Crippen molar-refractivity contribution in [2.45, 2.75) is 24.9 Å². The van der Waals surface area contributed by atoms with Gasteiger partial charge in [-0.25, -0.2) is 4.39 Å². The first kappa shape index (κ1) is 15.9. The molecule has 0 saturated heterocycles. The zero-order valence-electron chi connectivity index (χ0n) is 11.7. The highest BCUT2D eigenvalue weighted by Gasteiger charge is 2.50. The van der Waals surface area contributed by atoms with Crippen molar-refractivity contribution >= 4 is 7.60 Å². The highest BCUT2D eigenvalue weighted by Crippen LogP contribution is 2.63. The van der Waals surface area contributed by atoms with Crippen molar-refractivity contribution in [1.82, 2.24) is 0 Å². The molecule has 0 aliphatic heterocycles. The molecule has 0 spiro atoms. The van der Waals surface area contributed by atoms with Crippen molar-refractivity contribution in [3.05, 3.63) is 71.5 Å².